The number of piperazine rings is 1. The van der Waals surface area contributed by atoms with Crippen molar-refractivity contribution in [1.82, 2.24) is 24.6 Å². The Morgan fingerprint density at radius 3 is 2.59 bits per heavy atom. The number of hydrogen-bond donors (Lipinski definition) is 1. The molecule has 1 unspecified atom stereocenters. The summed E-state index contributed by atoms with van der Waals surface area (Å²) in [4.78, 5) is 18.5. The number of aromatic amines is 1. The number of carbonyl (C=O) groups is 1. The molecule has 1 aliphatic rings. The maximum absolute atomic E-state index is 13.3. The molecule has 1 aliphatic heterocycles. The lowest BCUT2D eigenvalue weighted by Gasteiger charge is -2.36. The average molecular weight is 474 g/mol. The zero-order chi connectivity index (χ0) is 22.7. The second-order valence-electron chi connectivity index (χ2n) is 7.67. The minimum atomic E-state index is -0.421. The van der Waals surface area contributed by atoms with Gasteiger partial charge in [-0.2, -0.15) is 5.10 Å². The first kappa shape index (κ1) is 22.5. The van der Waals surface area contributed by atoms with E-state index < -0.39 is 6.04 Å². The van der Waals surface area contributed by atoms with E-state index in [9.17, 15) is 4.79 Å². The number of rotatable bonds is 7. The van der Waals surface area contributed by atoms with Crippen molar-refractivity contribution < 1.29 is 14.3 Å². The second-order valence-corrected chi connectivity index (χ2v) is 9.00. The quantitative estimate of drug-likeness (QED) is 0.529. The molecule has 4 rings (SSSR count). The first-order chi connectivity index (χ1) is 15.5. The van der Waals surface area contributed by atoms with Crippen molar-refractivity contribution in [2.75, 3.05) is 40.4 Å². The average Bonchev–Trinajstić information content (AvgIpc) is 3.48. The second kappa shape index (κ2) is 9.85. The molecule has 1 fully saturated rings. The molecule has 170 valence electrons. The van der Waals surface area contributed by atoms with E-state index in [-0.39, 0.29) is 5.91 Å². The van der Waals surface area contributed by atoms with Crippen LogP contribution in [0.3, 0.4) is 0 Å². The van der Waals surface area contributed by atoms with Crippen molar-refractivity contribution in [3.8, 4) is 22.2 Å². The Balaban J connectivity index is 1.39. The summed E-state index contributed by atoms with van der Waals surface area (Å²) in [7, 11) is 3.28. The number of thiophene rings is 1. The molecule has 3 heterocycles. The molecule has 0 saturated carbocycles. The van der Waals surface area contributed by atoms with E-state index in [2.05, 4.69) is 15.1 Å². The van der Waals surface area contributed by atoms with E-state index in [1.54, 1.807) is 25.6 Å². The van der Waals surface area contributed by atoms with E-state index in [1.165, 1.54) is 0 Å². The van der Waals surface area contributed by atoms with Gasteiger partial charge in [-0.3, -0.25) is 19.4 Å². The summed E-state index contributed by atoms with van der Waals surface area (Å²) < 4.78 is 13.0. The predicted molar refractivity (Wildman–Crippen MR) is 127 cm³/mol. The molecule has 1 aromatic carbocycles. The van der Waals surface area contributed by atoms with Gasteiger partial charge in [0.25, 0.3) is 0 Å². The Morgan fingerprint density at radius 2 is 1.94 bits per heavy atom. The van der Waals surface area contributed by atoms with Crippen LogP contribution >= 0.6 is 23.6 Å². The number of ether oxygens (including phenoxy) is 2. The van der Waals surface area contributed by atoms with Gasteiger partial charge in [-0.1, -0.05) is 12.1 Å². The van der Waals surface area contributed by atoms with Gasteiger partial charge in [-0.25, -0.2) is 0 Å². The lowest BCUT2D eigenvalue weighted by Crippen LogP contribution is -2.50. The summed E-state index contributed by atoms with van der Waals surface area (Å²) in [5.74, 6) is 2.22. The Morgan fingerprint density at radius 1 is 1.19 bits per heavy atom. The Kier molecular flexibility index (Phi) is 6.92. The van der Waals surface area contributed by atoms with Crippen LogP contribution in [0.25, 0.3) is 10.7 Å². The Labute approximate surface area is 196 Å². The summed E-state index contributed by atoms with van der Waals surface area (Å²) in [6.07, 6.45) is 0. The fourth-order valence-corrected chi connectivity index (χ4v) is 4.98. The monoisotopic (exact) mass is 473 g/mol. The smallest absolute Gasteiger partial charge is 0.245 e. The van der Waals surface area contributed by atoms with Crippen molar-refractivity contribution in [1.29, 1.82) is 0 Å². The van der Waals surface area contributed by atoms with Crippen LogP contribution in [-0.2, 0) is 11.3 Å². The Hall–Kier alpha value is -2.69. The van der Waals surface area contributed by atoms with E-state index in [4.69, 9.17) is 21.7 Å². The molecule has 0 radical (unpaired) electrons. The van der Waals surface area contributed by atoms with Crippen LogP contribution in [0.5, 0.6) is 11.5 Å². The zero-order valence-corrected chi connectivity index (χ0v) is 20.0. The lowest BCUT2D eigenvalue weighted by atomic mass is 10.1. The summed E-state index contributed by atoms with van der Waals surface area (Å²) in [6.45, 7) is 5.66. The topological polar surface area (TPSA) is 75.6 Å². The predicted octanol–water partition coefficient (Wildman–Crippen LogP) is 3.59. The standard InChI is InChI=1S/C22H27N5O3S2/c1-15(27-20(23-24-22(27)31)19-5-4-12-32-19)21(28)26-10-8-25(9-11-26)14-16-6-7-17(29-2)18(13-16)30-3/h4-7,12-13,15H,8-11,14H2,1-3H3,(H,24,31). The minimum Gasteiger partial charge on any atom is -0.493 e. The van der Waals surface area contributed by atoms with Crippen molar-refractivity contribution in [2.45, 2.75) is 19.5 Å². The molecule has 2 aromatic heterocycles. The maximum Gasteiger partial charge on any atom is 0.245 e. The lowest BCUT2D eigenvalue weighted by molar-refractivity contribution is -0.136. The molecule has 0 bridgehead atoms. The third kappa shape index (κ3) is 4.57. The first-order valence-corrected chi connectivity index (χ1v) is 11.7. The summed E-state index contributed by atoms with van der Waals surface area (Å²) in [6, 6.07) is 9.51. The number of H-pyrrole nitrogens is 1. The third-order valence-corrected chi connectivity index (χ3v) is 6.88. The molecular formula is C22H27N5O3S2. The van der Waals surface area contributed by atoms with Crippen LogP contribution in [0.4, 0.5) is 0 Å². The van der Waals surface area contributed by atoms with Crippen LogP contribution in [0.15, 0.2) is 35.7 Å². The van der Waals surface area contributed by atoms with Crippen molar-refractivity contribution in [3.05, 3.63) is 46.0 Å². The minimum absolute atomic E-state index is 0.0612. The Bertz CT molecular complexity index is 1120. The van der Waals surface area contributed by atoms with Crippen LogP contribution in [0, 0.1) is 4.77 Å². The van der Waals surface area contributed by atoms with Crippen LogP contribution in [0.1, 0.15) is 18.5 Å². The zero-order valence-electron chi connectivity index (χ0n) is 18.4. The van der Waals surface area contributed by atoms with E-state index in [0.29, 0.717) is 23.7 Å². The van der Waals surface area contributed by atoms with E-state index in [0.717, 1.165) is 41.6 Å². The van der Waals surface area contributed by atoms with E-state index in [1.807, 2.05) is 52.1 Å². The van der Waals surface area contributed by atoms with Gasteiger partial charge in [0.1, 0.15) is 6.04 Å². The maximum atomic E-state index is 13.3. The largest absolute Gasteiger partial charge is 0.493 e. The third-order valence-electron chi connectivity index (χ3n) is 5.73. The first-order valence-electron chi connectivity index (χ1n) is 10.4. The molecule has 10 heteroatoms. The highest BCUT2D eigenvalue weighted by atomic mass is 32.1. The molecule has 8 nitrogen and oxygen atoms in total. The van der Waals surface area contributed by atoms with Gasteiger partial charge in [0, 0.05) is 32.7 Å². The van der Waals surface area contributed by atoms with Gasteiger partial charge in [-0.05, 0) is 48.3 Å². The van der Waals surface area contributed by atoms with Crippen molar-refractivity contribution in [2.24, 2.45) is 0 Å². The van der Waals surface area contributed by atoms with Gasteiger partial charge in [0.15, 0.2) is 22.1 Å². The molecule has 3 aromatic rings. The summed E-state index contributed by atoms with van der Waals surface area (Å²) in [5.41, 5.74) is 1.15. The van der Waals surface area contributed by atoms with Crippen LogP contribution in [-0.4, -0.2) is 70.9 Å². The van der Waals surface area contributed by atoms with E-state index >= 15 is 0 Å². The number of aromatic nitrogens is 3. The molecule has 0 aliphatic carbocycles. The molecule has 32 heavy (non-hydrogen) atoms. The van der Waals surface area contributed by atoms with Crippen molar-refractivity contribution >= 4 is 29.5 Å². The molecule has 1 saturated heterocycles. The van der Waals surface area contributed by atoms with Gasteiger partial charge in [-0.15, -0.1) is 11.3 Å². The fourth-order valence-electron chi connectivity index (χ4n) is 3.98. The highest BCUT2D eigenvalue weighted by Crippen LogP contribution is 2.29. The number of carbonyl (C=O) groups excluding carboxylic acids is 1. The summed E-state index contributed by atoms with van der Waals surface area (Å²) >= 11 is 7.00. The van der Waals surface area contributed by atoms with Gasteiger partial charge < -0.3 is 14.4 Å². The van der Waals surface area contributed by atoms with Gasteiger partial charge in [0.2, 0.25) is 5.91 Å². The van der Waals surface area contributed by atoms with Crippen molar-refractivity contribution in [3.63, 3.8) is 0 Å². The highest BCUT2D eigenvalue weighted by Gasteiger charge is 2.28. The van der Waals surface area contributed by atoms with Gasteiger partial charge >= 0.3 is 0 Å². The SMILES string of the molecule is COc1ccc(CN2CCN(C(=O)C(C)n3c(-c4cccs4)n[nH]c3=S)CC2)cc1OC. The molecule has 1 N–H and O–H groups in total. The number of amides is 1. The number of hydrogen-bond acceptors (Lipinski definition) is 7. The highest BCUT2D eigenvalue weighted by molar-refractivity contribution is 7.71. The number of nitrogens with one attached hydrogen (secondary N) is 1. The molecule has 1 atom stereocenters. The fraction of sp³-hybridized carbons (Fsp3) is 0.409. The number of nitrogens with zero attached hydrogens (tertiary/aromatic N) is 4. The number of benzene rings is 1. The molecule has 1 amide bonds. The van der Waals surface area contributed by atoms with Crippen LogP contribution in [0.2, 0.25) is 0 Å². The molecule has 0 spiro atoms. The van der Waals surface area contributed by atoms with Crippen LogP contribution < -0.4 is 9.47 Å². The molecular weight excluding hydrogens is 446 g/mol. The normalized spacial score (nSPS) is 15.5. The summed E-state index contributed by atoms with van der Waals surface area (Å²) in [5, 5.41) is 9.18. The van der Waals surface area contributed by atoms with Gasteiger partial charge in [0.05, 0.1) is 19.1 Å². The number of methoxy groups -OCH3 is 2.